The molecule has 0 aliphatic heterocycles. The van der Waals surface area contributed by atoms with Crippen LogP contribution in [0, 0.1) is 11.3 Å². The average Bonchev–Trinajstić information content (AvgIpc) is 2.56. The number of rotatable bonds is 4. The number of carbonyl (C=O) groups is 1. The van der Waals surface area contributed by atoms with E-state index < -0.39 is 17.3 Å². The quantitative estimate of drug-likeness (QED) is 0.670. The number of phenolic OH excluding ortho intramolecular Hbond substituents is 1. The van der Waals surface area contributed by atoms with Crippen LogP contribution in [0.4, 0.5) is 0 Å². The summed E-state index contributed by atoms with van der Waals surface area (Å²) in [7, 11) is 0. The Kier molecular flexibility index (Phi) is 4.58. The van der Waals surface area contributed by atoms with Crippen molar-refractivity contribution in [3.05, 3.63) is 28.8 Å². The summed E-state index contributed by atoms with van der Waals surface area (Å²) >= 11 is 0. The van der Waals surface area contributed by atoms with Gasteiger partial charge in [0.05, 0.1) is 18.6 Å². The van der Waals surface area contributed by atoms with Gasteiger partial charge < -0.3 is 20.4 Å². The first-order valence-electron chi connectivity index (χ1n) is 9.09. The Morgan fingerprint density at radius 2 is 1.92 bits per heavy atom. The Balaban J connectivity index is 2.09. The fourth-order valence-electron chi connectivity index (χ4n) is 5.36. The second-order valence-electron chi connectivity index (χ2n) is 8.22. The molecule has 1 fully saturated rings. The van der Waals surface area contributed by atoms with Crippen molar-refractivity contribution in [3.8, 4) is 5.75 Å². The van der Waals surface area contributed by atoms with Crippen molar-refractivity contribution in [2.24, 2.45) is 11.3 Å². The summed E-state index contributed by atoms with van der Waals surface area (Å²) < 4.78 is 0. The fourth-order valence-corrected chi connectivity index (χ4v) is 5.36. The van der Waals surface area contributed by atoms with Crippen LogP contribution < -0.4 is 0 Å². The number of hydrogen-bond donors (Lipinski definition) is 4. The minimum atomic E-state index is -0.738. The number of fused-ring (bicyclic) bond motifs is 3. The van der Waals surface area contributed by atoms with E-state index in [1.165, 1.54) is 0 Å². The molecule has 138 valence electrons. The number of aromatic hydroxyl groups is 1. The predicted molar refractivity (Wildman–Crippen MR) is 93.8 cm³/mol. The highest BCUT2D eigenvalue weighted by molar-refractivity contribution is 5.75. The summed E-state index contributed by atoms with van der Waals surface area (Å²) in [6.45, 7) is 3.55. The lowest BCUT2D eigenvalue weighted by atomic mass is 9.49. The van der Waals surface area contributed by atoms with Gasteiger partial charge in [0.25, 0.3) is 0 Å². The number of carboxylic acids is 1. The Bertz CT molecular complexity index is 681. The summed E-state index contributed by atoms with van der Waals surface area (Å²) in [6.07, 6.45) is 4.03. The molecular formula is C20H28O5. The normalized spacial score (nSPS) is 31.5. The third kappa shape index (κ3) is 2.64. The zero-order valence-electron chi connectivity index (χ0n) is 15.0. The van der Waals surface area contributed by atoms with Gasteiger partial charge in [-0.2, -0.15) is 0 Å². The summed E-state index contributed by atoms with van der Waals surface area (Å²) in [5.74, 6) is -1.10. The fraction of sp³-hybridized carbons (Fsp3) is 0.650. The molecule has 1 saturated carbocycles. The molecule has 3 rings (SSSR count). The van der Waals surface area contributed by atoms with E-state index in [1.807, 2.05) is 13.0 Å². The Morgan fingerprint density at radius 3 is 2.52 bits per heavy atom. The second-order valence-corrected chi connectivity index (χ2v) is 8.22. The number of aliphatic hydroxyl groups excluding tert-OH is 2. The van der Waals surface area contributed by atoms with Crippen LogP contribution in [0.25, 0.3) is 0 Å². The van der Waals surface area contributed by atoms with E-state index in [1.54, 1.807) is 6.07 Å². The molecule has 0 unspecified atom stereocenters. The van der Waals surface area contributed by atoms with E-state index in [2.05, 4.69) is 6.92 Å². The maximum Gasteiger partial charge on any atom is 0.309 e. The molecule has 0 saturated heterocycles. The van der Waals surface area contributed by atoms with Gasteiger partial charge in [-0.3, -0.25) is 4.79 Å². The van der Waals surface area contributed by atoms with Crippen molar-refractivity contribution in [1.82, 2.24) is 0 Å². The van der Waals surface area contributed by atoms with Crippen molar-refractivity contribution in [1.29, 1.82) is 0 Å². The highest BCUT2D eigenvalue weighted by Gasteiger charge is 2.55. The molecule has 0 bridgehead atoms. The van der Waals surface area contributed by atoms with Gasteiger partial charge in [0.15, 0.2) is 0 Å². The lowest BCUT2D eigenvalue weighted by Gasteiger charge is -2.53. The number of phenols is 1. The first kappa shape index (κ1) is 18.2. The van der Waals surface area contributed by atoms with Gasteiger partial charge in [0.2, 0.25) is 0 Å². The van der Waals surface area contributed by atoms with E-state index in [-0.39, 0.29) is 30.3 Å². The monoisotopic (exact) mass is 348 g/mol. The predicted octanol–water partition coefficient (Wildman–Crippen LogP) is 2.56. The highest BCUT2D eigenvalue weighted by Crippen LogP contribution is 2.58. The number of carboxylic acid groups (broad SMARTS) is 1. The SMILES string of the molecule is C[C@]1(C(=O)O)CCC[C@]2(C)c3cc(O)c(C(CO)CO)cc3CC[C@@H]12. The molecule has 0 spiro atoms. The molecular weight excluding hydrogens is 320 g/mol. The van der Waals surface area contributed by atoms with Crippen LogP contribution in [0.2, 0.25) is 0 Å². The standard InChI is InChI=1S/C20H28O5/c1-19-6-3-7-20(2,18(24)25)17(19)5-4-12-8-14(13(10-21)11-22)16(23)9-15(12)19/h8-9,13,17,21-23H,3-7,10-11H2,1-2H3,(H,24,25)/t17-,19-,20+/m1/s1. The van der Waals surface area contributed by atoms with Crippen molar-refractivity contribution >= 4 is 5.97 Å². The smallest absolute Gasteiger partial charge is 0.309 e. The van der Waals surface area contributed by atoms with E-state index in [0.717, 1.165) is 36.8 Å². The van der Waals surface area contributed by atoms with Gasteiger partial charge >= 0.3 is 5.97 Å². The third-order valence-electron chi connectivity index (χ3n) is 6.87. The minimum absolute atomic E-state index is 0.0375. The molecule has 2 aliphatic carbocycles. The first-order chi connectivity index (χ1) is 11.8. The van der Waals surface area contributed by atoms with Crippen LogP contribution in [0.3, 0.4) is 0 Å². The molecule has 0 heterocycles. The molecule has 5 nitrogen and oxygen atoms in total. The van der Waals surface area contributed by atoms with Crippen molar-refractivity contribution < 1.29 is 25.2 Å². The van der Waals surface area contributed by atoms with Gasteiger partial charge in [0.1, 0.15) is 5.75 Å². The lowest BCUT2D eigenvalue weighted by Crippen LogP contribution is -2.52. The molecule has 0 amide bonds. The average molecular weight is 348 g/mol. The maximum absolute atomic E-state index is 12.0. The molecule has 0 radical (unpaired) electrons. The van der Waals surface area contributed by atoms with E-state index >= 15 is 0 Å². The van der Waals surface area contributed by atoms with Crippen LogP contribution in [0.15, 0.2) is 12.1 Å². The van der Waals surface area contributed by atoms with Gasteiger partial charge in [-0.25, -0.2) is 0 Å². The number of aliphatic carboxylic acids is 1. The summed E-state index contributed by atoms with van der Waals surface area (Å²) in [5, 5.41) is 39.2. The van der Waals surface area contributed by atoms with Crippen LogP contribution in [-0.2, 0) is 16.6 Å². The molecule has 2 aliphatic rings. The van der Waals surface area contributed by atoms with Crippen molar-refractivity contribution in [2.45, 2.75) is 57.3 Å². The molecule has 0 aromatic heterocycles. The zero-order chi connectivity index (χ0) is 18.4. The topological polar surface area (TPSA) is 98.0 Å². The number of benzene rings is 1. The van der Waals surface area contributed by atoms with Crippen LogP contribution >= 0.6 is 0 Å². The van der Waals surface area contributed by atoms with Crippen LogP contribution in [0.1, 0.15) is 62.1 Å². The van der Waals surface area contributed by atoms with E-state index in [9.17, 15) is 25.2 Å². The van der Waals surface area contributed by atoms with Crippen molar-refractivity contribution in [2.75, 3.05) is 13.2 Å². The molecule has 3 atom stereocenters. The summed E-state index contributed by atoms with van der Waals surface area (Å²) in [5.41, 5.74) is 1.70. The highest BCUT2D eigenvalue weighted by atomic mass is 16.4. The molecule has 1 aromatic carbocycles. The van der Waals surface area contributed by atoms with E-state index in [0.29, 0.717) is 12.0 Å². The number of aliphatic hydroxyl groups is 2. The Labute approximate surface area is 148 Å². The summed E-state index contributed by atoms with van der Waals surface area (Å²) in [4.78, 5) is 12.0. The second kappa shape index (κ2) is 6.29. The van der Waals surface area contributed by atoms with Crippen LogP contribution in [-0.4, -0.2) is 39.6 Å². The summed E-state index contributed by atoms with van der Waals surface area (Å²) in [6, 6.07) is 3.65. The molecule has 25 heavy (non-hydrogen) atoms. The number of aryl methyl sites for hydroxylation is 1. The number of hydrogen-bond acceptors (Lipinski definition) is 4. The lowest BCUT2D eigenvalue weighted by molar-refractivity contribution is -0.157. The largest absolute Gasteiger partial charge is 0.508 e. The van der Waals surface area contributed by atoms with Crippen molar-refractivity contribution in [3.63, 3.8) is 0 Å². The Hall–Kier alpha value is -1.59. The van der Waals surface area contributed by atoms with Gasteiger partial charge in [0, 0.05) is 11.5 Å². The molecule has 1 aromatic rings. The van der Waals surface area contributed by atoms with Gasteiger partial charge in [-0.1, -0.05) is 19.4 Å². The third-order valence-corrected chi connectivity index (χ3v) is 6.87. The first-order valence-corrected chi connectivity index (χ1v) is 9.09. The van der Waals surface area contributed by atoms with Gasteiger partial charge in [-0.15, -0.1) is 0 Å². The van der Waals surface area contributed by atoms with Crippen LogP contribution in [0.5, 0.6) is 5.75 Å². The molecule has 5 heteroatoms. The zero-order valence-corrected chi connectivity index (χ0v) is 15.0. The Morgan fingerprint density at radius 1 is 1.24 bits per heavy atom. The van der Waals surface area contributed by atoms with E-state index in [4.69, 9.17) is 0 Å². The molecule has 4 N–H and O–H groups in total. The van der Waals surface area contributed by atoms with Gasteiger partial charge in [-0.05, 0) is 61.1 Å². The minimum Gasteiger partial charge on any atom is -0.508 e. The maximum atomic E-state index is 12.0.